The number of furan rings is 1. The topological polar surface area (TPSA) is 64.5 Å². The highest BCUT2D eigenvalue weighted by Gasteiger charge is 2.30. The van der Waals surface area contributed by atoms with Crippen LogP contribution < -0.4 is 0 Å². The van der Waals surface area contributed by atoms with Gasteiger partial charge >= 0.3 is 0 Å². The first kappa shape index (κ1) is 14.0. The van der Waals surface area contributed by atoms with Gasteiger partial charge in [-0.15, -0.1) is 10.2 Å². The molecule has 0 amide bonds. The molecule has 1 saturated heterocycles. The number of hydrogen-bond donors (Lipinski definition) is 0. The zero-order chi connectivity index (χ0) is 14.8. The van der Waals surface area contributed by atoms with Crippen LogP contribution in [0, 0.1) is 0 Å². The van der Waals surface area contributed by atoms with E-state index in [9.17, 15) is 0 Å². The molecule has 118 valence electrons. The summed E-state index contributed by atoms with van der Waals surface area (Å²) in [6.45, 7) is 3.10. The van der Waals surface area contributed by atoms with Gasteiger partial charge in [0.15, 0.2) is 0 Å². The third-order valence-electron chi connectivity index (χ3n) is 4.21. The van der Waals surface area contributed by atoms with E-state index in [2.05, 4.69) is 15.1 Å². The Labute approximate surface area is 129 Å². The average Bonchev–Trinajstić information content (AvgIpc) is 2.96. The number of aromatic nitrogens is 2. The van der Waals surface area contributed by atoms with Crippen molar-refractivity contribution in [2.45, 2.75) is 50.8 Å². The summed E-state index contributed by atoms with van der Waals surface area (Å²) in [5.74, 6) is 2.93. The van der Waals surface area contributed by atoms with E-state index >= 15 is 0 Å². The zero-order valence-corrected chi connectivity index (χ0v) is 12.6. The van der Waals surface area contributed by atoms with Gasteiger partial charge in [-0.2, -0.15) is 0 Å². The van der Waals surface area contributed by atoms with Crippen LogP contribution in [0.15, 0.2) is 27.2 Å². The van der Waals surface area contributed by atoms with Crippen molar-refractivity contribution in [3.8, 4) is 0 Å². The summed E-state index contributed by atoms with van der Waals surface area (Å²) in [6.07, 6.45) is 6.61. The third-order valence-corrected chi connectivity index (χ3v) is 4.21. The van der Waals surface area contributed by atoms with Crippen LogP contribution in [-0.2, 0) is 17.8 Å². The van der Waals surface area contributed by atoms with Gasteiger partial charge in [0.1, 0.15) is 5.76 Å². The van der Waals surface area contributed by atoms with Crippen LogP contribution in [-0.4, -0.2) is 34.4 Å². The van der Waals surface area contributed by atoms with Crippen LogP contribution in [0.1, 0.15) is 49.1 Å². The van der Waals surface area contributed by atoms with Crippen molar-refractivity contribution in [1.82, 2.24) is 15.1 Å². The Morgan fingerprint density at radius 1 is 1.18 bits per heavy atom. The largest absolute Gasteiger partial charge is 0.468 e. The van der Waals surface area contributed by atoms with Crippen molar-refractivity contribution in [3.05, 3.63) is 35.9 Å². The standard InChI is InChI=1S/C16H21N3O3/c1-3-13(20-7-1)9-19(10-14-4-2-8-21-14)11-15-17-18-16(22-15)12-5-6-12/h1,3,7,12,14H,2,4-6,8-11H2. The molecular formula is C16H21N3O3. The van der Waals surface area contributed by atoms with Crippen LogP contribution in [0.3, 0.4) is 0 Å². The minimum atomic E-state index is 0.292. The van der Waals surface area contributed by atoms with Gasteiger partial charge in [0.25, 0.3) is 0 Å². The van der Waals surface area contributed by atoms with Crippen molar-refractivity contribution in [3.63, 3.8) is 0 Å². The highest BCUT2D eigenvalue weighted by molar-refractivity contribution is 5.01. The number of ether oxygens (including phenoxy) is 1. The fraction of sp³-hybridized carbons (Fsp3) is 0.625. The highest BCUT2D eigenvalue weighted by Crippen LogP contribution is 2.39. The van der Waals surface area contributed by atoms with E-state index in [1.807, 2.05) is 12.1 Å². The van der Waals surface area contributed by atoms with Crippen LogP contribution in [0.2, 0.25) is 0 Å². The smallest absolute Gasteiger partial charge is 0.230 e. The van der Waals surface area contributed by atoms with E-state index < -0.39 is 0 Å². The van der Waals surface area contributed by atoms with E-state index in [1.54, 1.807) is 6.26 Å². The summed E-state index contributed by atoms with van der Waals surface area (Å²) in [6, 6.07) is 3.91. The SMILES string of the molecule is c1coc(CN(Cc2nnc(C3CC3)o2)CC2CCCO2)c1. The summed E-state index contributed by atoms with van der Waals surface area (Å²) in [4.78, 5) is 2.26. The first-order valence-corrected chi connectivity index (χ1v) is 8.05. The van der Waals surface area contributed by atoms with Crippen molar-refractivity contribution in [2.75, 3.05) is 13.2 Å². The molecule has 0 N–H and O–H groups in total. The molecule has 22 heavy (non-hydrogen) atoms. The number of nitrogens with zero attached hydrogens (tertiary/aromatic N) is 3. The lowest BCUT2D eigenvalue weighted by Crippen LogP contribution is -2.31. The van der Waals surface area contributed by atoms with Gasteiger partial charge in [-0.1, -0.05) is 0 Å². The van der Waals surface area contributed by atoms with Crippen LogP contribution in [0.4, 0.5) is 0 Å². The molecule has 2 aromatic heterocycles. The molecule has 6 nitrogen and oxygen atoms in total. The molecular weight excluding hydrogens is 282 g/mol. The molecule has 1 atom stereocenters. The Kier molecular flexibility index (Phi) is 3.95. The van der Waals surface area contributed by atoms with Crippen LogP contribution in [0.25, 0.3) is 0 Å². The number of hydrogen-bond acceptors (Lipinski definition) is 6. The monoisotopic (exact) mass is 303 g/mol. The van der Waals surface area contributed by atoms with Crippen LogP contribution in [0.5, 0.6) is 0 Å². The summed E-state index contributed by atoms with van der Waals surface area (Å²) < 4.78 is 17.0. The maximum atomic E-state index is 5.79. The molecule has 1 aliphatic carbocycles. The molecule has 3 heterocycles. The molecule has 0 aromatic carbocycles. The predicted molar refractivity (Wildman–Crippen MR) is 78.1 cm³/mol. The second-order valence-electron chi connectivity index (χ2n) is 6.19. The van der Waals surface area contributed by atoms with Crippen molar-refractivity contribution in [2.24, 2.45) is 0 Å². The second kappa shape index (κ2) is 6.22. The fourth-order valence-electron chi connectivity index (χ4n) is 2.90. The quantitative estimate of drug-likeness (QED) is 0.783. The molecule has 2 aromatic rings. The predicted octanol–water partition coefficient (Wildman–Crippen LogP) is 2.72. The molecule has 2 aliphatic rings. The van der Waals surface area contributed by atoms with E-state index in [0.717, 1.165) is 44.2 Å². The molecule has 2 fully saturated rings. The van der Waals surface area contributed by atoms with E-state index in [4.69, 9.17) is 13.6 Å². The third kappa shape index (κ3) is 3.39. The molecule has 1 saturated carbocycles. The van der Waals surface area contributed by atoms with Gasteiger partial charge in [0.2, 0.25) is 11.8 Å². The second-order valence-corrected chi connectivity index (χ2v) is 6.19. The lowest BCUT2D eigenvalue weighted by atomic mass is 10.2. The minimum absolute atomic E-state index is 0.292. The molecule has 1 unspecified atom stereocenters. The Bertz CT molecular complexity index is 586. The average molecular weight is 303 g/mol. The fourth-order valence-corrected chi connectivity index (χ4v) is 2.90. The number of rotatable bonds is 7. The molecule has 0 spiro atoms. The minimum Gasteiger partial charge on any atom is -0.468 e. The molecule has 1 aliphatic heterocycles. The molecule has 6 heteroatoms. The summed E-state index contributed by atoms with van der Waals surface area (Å²) >= 11 is 0. The summed E-state index contributed by atoms with van der Waals surface area (Å²) in [5.41, 5.74) is 0. The normalized spacial score (nSPS) is 21.8. The Morgan fingerprint density at radius 3 is 2.86 bits per heavy atom. The van der Waals surface area contributed by atoms with Gasteiger partial charge in [0.05, 0.1) is 25.5 Å². The molecule has 0 radical (unpaired) electrons. The van der Waals surface area contributed by atoms with Crippen molar-refractivity contribution >= 4 is 0 Å². The Balaban J connectivity index is 1.42. The Morgan fingerprint density at radius 2 is 2.14 bits per heavy atom. The van der Waals surface area contributed by atoms with Gasteiger partial charge in [-0.05, 0) is 37.8 Å². The highest BCUT2D eigenvalue weighted by atomic mass is 16.5. The van der Waals surface area contributed by atoms with Gasteiger partial charge < -0.3 is 13.6 Å². The lowest BCUT2D eigenvalue weighted by molar-refractivity contribution is 0.0622. The maximum absolute atomic E-state index is 5.79. The van der Waals surface area contributed by atoms with E-state index in [-0.39, 0.29) is 0 Å². The van der Waals surface area contributed by atoms with Crippen molar-refractivity contribution < 1.29 is 13.6 Å². The lowest BCUT2D eigenvalue weighted by Gasteiger charge is -2.22. The van der Waals surface area contributed by atoms with Gasteiger partial charge in [0, 0.05) is 19.1 Å². The Hall–Kier alpha value is -1.66. The maximum Gasteiger partial charge on any atom is 0.230 e. The van der Waals surface area contributed by atoms with E-state index in [0.29, 0.717) is 24.5 Å². The van der Waals surface area contributed by atoms with Gasteiger partial charge in [-0.25, -0.2) is 0 Å². The summed E-state index contributed by atoms with van der Waals surface area (Å²) in [5, 5.41) is 8.35. The van der Waals surface area contributed by atoms with Crippen LogP contribution >= 0.6 is 0 Å². The zero-order valence-electron chi connectivity index (χ0n) is 12.6. The first-order chi connectivity index (χ1) is 10.9. The first-order valence-electron chi connectivity index (χ1n) is 8.05. The van der Waals surface area contributed by atoms with Gasteiger partial charge in [-0.3, -0.25) is 4.90 Å². The van der Waals surface area contributed by atoms with E-state index in [1.165, 1.54) is 12.8 Å². The molecule has 4 rings (SSSR count). The van der Waals surface area contributed by atoms with Crippen molar-refractivity contribution in [1.29, 1.82) is 0 Å². The summed E-state index contributed by atoms with van der Waals surface area (Å²) in [7, 11) is 0. The molecule has 0 bridgehead atoms.